The van der Waals surface area contributed by atoms with Gasteiger partial charge in [0, 0.05) is 6.42 Å². The fraction of sp³-hybridized carbons (Fsp3) is 0.217. The summed E-state index contributed by atoms with van der Waals surface area (Å²) in [7, 11) is 0. The highest BCUT2D eigenvalue weighted by molar-refractivity contribution is 6.44. The van der Waals surface area contributed by atoms with E-state index in [1.54, 1.807) is 12.1 Å². The topological polar surface area (TPSA) is 54.4 Å². The average molecular weight is 348 g/mol. The molecule has 3 heteroatoms. The summed E-state index contributed by atoms with van der Waals surface area (Å²) in [6, 6.07) is 12.2. The molecule has 0 saturated heterocycles. The molecule has 0 spiro atoms. The number of hydrogen-bond acceptors (Lipinski definition) is 3. The van der Waals surface area contributed by atoms with Crippen molar-refractivity contribution in [2.75, 3.05) is 0 Å². The molecular weight excluding hydrogens is 324 g/mol. The highest BCUT2D eigenvalue weighted by atomic mass is 16.3. The maximum absolute atomic E-state index is 12.4. The summed E-state index contributed by atoms with van der Waals surface area (Å²) in [5.41, 5.74) is 3.10. The first-order valence-corrected chi connectivity index (χ1v) is 8.74. The molecule has 0 aliphatic heterocycles. The van der Waals surface area contributed by atoms with Crippen LogP contribution in [0.1, 0.15) is 40.9 Å². The van der Waals surface area contributed by atoms with Crippen LogP contribution in [0.15, 0.2) is 66.8 Å². The Morgan fingerprint density at radius 1 is 0.885 bits per heavy atom. The Labute approximate surface area is 154 Å². The molecule has 0 fully saturated rings. The van der Waals surface area contributed by atoms with Crippen LogP contribution in [0, 0.1) is 0 Å². The number of carbonyl (C=O) groups excluding carboxylic acids is 2. The molecule has 26 heavy (non-hydrogen) atoms. The minimum Gasteiger partial charge on any atom is -0.507 e. The van der Waals surface area contributed by atoms with Crippen molar-refractivity contribution in [1.29, 1.82) is 0 Å². The number of allylic oxidation sites excluding steroid dienone is 4. The zero-order valence-electron chi connectivity index (χ0n) is 15.2. The number of para-hydroxylation sites is 1. The SMILES string of the molecule is CC=CCc1cc(CC=CC)cc(CC(=O)C(=O)c2ccccc2O)c1. The summed E-state index contributed by atoms with van der Waals surface area (Å²) in [5.74, 6) is -1.34. The minimum atomic E-state index is -0.656. The van der Waals surface area contributed by atoms with Crippen molar-refractivity contribution in [1.82, 2.24) is 0 Å². The van der Waals surface area contributed by atoms with Crippen LogP contribution in [-0.2, 0) is 24.1 Å². The third-order valence-corrected chi connectivity index (χ3v) is 4.06. The van der Waals surface area contributed by atoms with Crippen LogP contribution in [0.3, 0.4) is 0 Å². The van der Waals surface area contributed by atoms with Gasteiger partial charge in [-0.25, -0.2) is 0 Å². The molecule has 0 unspecified atom stereocenters. The Morgan fingerprint density at radius 3 is 1.96 bits per heavy atom. The van der Waals surface area contributed by atoms with Crippen molar-refractivity contribution < 1.29 is 14.7 Å². The number of rotatable bonds is 8. The molecule has 1 N–H and O–H groups in total. The lowest BCUT2D eigenvalue weighted by atomic mass is 9.96. The standard InChI is InChI=1S/C23H24O3/c1-3-5-9-17-13-18(10-6-4-2)15-19(14-17)16-22(25)23(26)20-11-7-8-12-21(20)24/h3-8,11-15,24H,9-10,16H2,1-2H3. The van der Waals surface area contributed by atoms with Gasteiger partial charge in [0.05, 0.1) is 5.56 Å². The van der Waals surface area contributed by atoms with Crippen molar-refractivity contribution >= 4 is 11.6 Å². The number of carbonyl (C=O) groups is 2. The molecule has 0 aromatic heterocycles. The van der Waals surface area contributed by atoms with Crippen LogP contribution in [0.5, 0.6) is 5.75 Å². The smallest absolute Gasteiger partial charge is 0.232 e. The van der Waals surface area contributed by atoms with Gasteiger partial charge in [0.2, 0.25) is 11.6 Å². The lowest BCUT2D eigenvalue weighted by molar-refractivity contribution is -0.114. The summed E-state index contributed by atoms with van der Waals surface area (Å²) in [6.07, 6.45) is 9.71. The summed E-state index contributed by atoms with van der Waals surface area (Å²) >= 11 is 0. The lowest BCUT2D eigenvalue weighted by Crippen LogP contribution is -2.17. The number of aromatic hydroxyl groups is 1. The van der Waals surface area contributed by atoms with Gasteiger partial charge in [-0.3, -0.25) is 9.59 Å². The Bertz CT molecular complexity index is 812. The van der Waals surface area contributed by atoms with Gasteiger partial charge in [-0.2, -0.15) is 0 Å². The van der Waals surface area contributed by atoms with Gasteiger partial charge in [-0.15, -0.1) is 0 Å². The predicted molar refractivity (Wildman–Crippen MR) is 105 cm³/mol. The van der Waals surface area contributed by atoms with E-state index in [-0.39, 0.29) is 17.7 Å². The fourth-order valence-electron chi connectivity index (χ4n) is 2.77. The molecule has 0 atom stereocenters. The molecule has 0 aliphatic rings. The first kappa shape index (κ1) is 19.4. The molecule has 0 aliphatic carbocycles. The minimum absolute atomic E-state index is 0.0275. The zero-order chi connectivity index (χ0) is 18.9. The third-order valence-electron chi connectivity index (χ3n) is 4.06. The summed E-state index contributed by atoms with van der Waals surface area (Å²) < 4.78 is 0. The molecule has 0 saturated carbocycles. The summed E-state index contributed by atoms with van der Waals surface area (Å²) in [6.45, 7) is 3.94. The maximum Gasteiger partial charge on any atom is 0.232 e. The number of ketones is 2. The largest absolute Gasteiger partial charge is 0.507 e. The molecular formula is C23H24O3. The van der Waals surface area contributed by atoms with E-state index in [0.29, 0.717) is 0 Å². The monoisotopic (exact) mass is 348 g/mol. The molecule has 0 heterocycles. The Balaban J connectivity index is 2.24. The van der Waals surface area contributed by atoms with E-state index in [1.165, 1.54) is 12.1 Å². The van der Waals surface area contributed by atoms with Crippen LogP contribution in [-0.4, -0.2) is 16.7 Å². The van der Waals surface area contributed by atoms with Crippen LogP contribution in [0.25, 0.3) is 0 Å². The van der Waals surface area contributed by atoms with E-state index in [1.807, 2.05) is 38.1 Å². The number of phenolic OH excluding ortho intramolecular Hbond substituents is 1. The molecule has 2 aromatic carbocycles. The first-order chi connectivity index (χ1) is 12.5. The summed E-state index contributed by atoms with van der Waals surface area (Å²) in [4.78, 5) is 24.8. The Morgan fingerprint density at radius 2 is 1.42 bits per heavy atom. The number of benzene rings is 2. The quantitative estimate of drug-likeness (QED) is 0.430. The molecule has 2 rings (SSSR count). The number of Topliss-reactive ketones (excluding diaryl/α,β-unsaturated/α-hetero) is 2. The molecule has 0 bridgehead atoms. The number of phenols is 1. The first-order valence-electron chi connectivity index (χ1n) is 8.74. The van der Waals surface area contributed by atoms with Crippen molar-refractivity contribution in [2.45, 2.75) is 33.1 Å². The van der Waals surface area contributed by atoms with E-state index in [9.17, 15) is 14.7 Å². The Hall–Kier alpha value is -2.94. The second-order valence-electron chi connectivity index (χ2n) is 6.15. The molecule has 2 aromatic rings. The molecule has 0 radical (unpaired) electrons. The van der Waals surface area contributed by atoms with Crippen molar-refractivity contribution in [3.63, 3.8) is 0 Å². The lowest BCUT2D eigenvalue weighted by Gasteiger charge is -2.08. The van der Waals surface area contributed by atoms with E-state index >= 15 is 0 Å². The normalized spacial score (nSPS) is 11.3. The maximum atomic E-state index is 12.4. The van der Waals surface area contributed by atoms with Crippen LogP contribution in [0.2, 0.25) is 0 Å². The molecule has 3 nitrogen and oxygen atoms in total. The average Bonchev–Trinajstić information content (AvgIpc) is 2.64. The van der Waals surface area contributed by atoms with Crippen molar-refractivity contribution in [3.05, 3.63) is 89.0 Å². The molecule has 134 valence electrons. The van der Waals surface area contributed by atoms with E-state index in [2.05, 4.69) is 18.2 Å². The second-order valence-corrected chi connectivity index (χ2v) is 6.15. The van der Waals surface area contributed by atoms with Gasteiger partial charge in [0.15, 0.2) is 0 Å². The van der Waals surface area contributed by atoms with Gasteiger partial charge < -0.3 is 5.11 Å². The van der Waals surface area contributed by atoms with E-state index in [0.717, 1.165) is 29.5 Å². The second kappa shape index (κ2) is 9.52. The van der Waals surface area contributed by atoms with Crippen LogP contribution < -0.4 is 0 Å². The van der Waals surface area contributed by atoms with Crippen LogP contribution >= 0.6 is 0 Å². The predicted octanol–water partition coefficient (Wildman–Crippen LogP) is 4.62. The van der Waals surface area contributed by atoms with Gasteiger partial charge in [0.1, 0.15) is 5.75 Å². The van der Waals surface area contributed by atoms with Gasteiger partial charge in [-0.1, -0.05) is 54.6 Å². The highest BCUT2D eigenvalue weighted by Gasteiger charge is 2.19. The molecule has 0 amide bonds. The fourth-order valence-corrected chi connectivity index (χ4v) is 2.77. The number of hydrogen-bond donors (Lipinski definition) is 1. The highest BCUT2D eigenvalue weighted by Crippen LogP contribution is 2.19. The van der Waals surface area contributed by atoms with Crippen LogP contribution in [0.4, 0.5) is 0 Å². The van der Waals surface area contributed by atoms with Gasteiger partial charge in [0.25, 0.3) is 0 Å². The Kier molecular flexibility index (Phi) is 7.10. The summed E-state index contributed by atoms with van der Waals surface area (Å²) in [5, 5.41) is 9.79. The van der Waals surface area contributed by atoms with Gasteiger partial charge >= 0.3 is 0 Å². The van der Waals surface area contributed by atoms with E-state index in [4.69, 9.17) is 0 Å². The van der Waals surface area contributed by atoms with Gasteiger partial charge in [-0.05, 0) is 55.5 Å². The zero-order valence-corrected chi connectivity index (χ0v) is 15.2. The third kappa shape index (κ3) is 5.28. The van der Waals surface area contributed by atoms with Crippen molar-refractivity contribution in [3.8, 4) is 5.75 Å². The van der Waals surface area contributed by atoms with E-state index < -0.39 is 11.6 Å². The van der Waals surface area contributed by atoms with Crippen molar-refractivity contribution in [2.24, 2.45) is 0 Å².